The maximum atomic E-state index is 9.18. The fraction of sp³-hybridized carbons (Fsp3) is 0.333. The maximum absolute atomic E-state index is 9.18. The van der Waals surface area contributed by atoms with Gasteiger partial charge in [0.1, 0.15) is 10.4 Å². The molecular weight excluding hydrogens is 240 g/mol. The summed E-state index contributed by atoms with van der Waals surface area (Å²) in [5, 5.41) is 10.1. The van der Waals surface area contributed by atoms with Gasteiger partial charge in [-0.1, -0.05) is 23.8 Å². The van der Waals surface area contributed by atoms with E-state index in [-0.39, 0.29) is 0 Å². The van der Waals surface area contributed by atoms with Crippen molar-refractivity contribution in [3.05, 3.63) is 39.7 Å². The standard InChI is InChI=1S/C15H16N2S/c1-10-6-5-7-12(8-10)13-11(2)18-14(17-13)15(3,4)9-16/h5-8H,1-4H3. The van der Waals surface area contributed by atoms with Gasteiger partial charge in [-0.05, 0) is 33.8 Å². The van der Waals surface area contributed by atoms with E-state index in [0.717, 1.165) is 16.3 Å². The molecule has 0 saturated heterocycles. The zero-order valence-electron chi connectivity index (χ0n) is 11.1. The summed E-state index contributed by atoms with van der Waals surface area (Å²) < 4.78 is 0. The topological polar surface area (TPSA) is 36.7 Å². The van der Waals surface area contributed by atoms with Gasteiger partial charge in [0.05, 0.1) is 11.8 Å². The van der Waals surface area contributed by atoms with Crippen molar-refractivity contribution in [1.82, 2.24) is 4.98 Å². The molecule has 2 rings (SSSR count). The van der Waals surface area contributed by atoms with Gasteiger partial charge >= 0.3 is 0 Å². The number of thiazole rings is 1. The molecule has 0 aliphatic carbocycles. The zero-order valence-corrected chi connectivity index (χ0v) is 11.9. The van der Waals surface area contributed by atoms with Gasteiger partial charge in [0, 0.05) is 10.4 Å². The summed E-state index contributed by atoms with van der Waals surface area (Å²) in [6.07, 6.45) is 0. The minimum atomic E-state index is -0.516. The van der Waals surface area contributed by atoms with Gasteiger partial charge in [0.15, 0.2) is 0 Å². The first kappa shape index (κ1) is 12.8. The summed E-state index contributed by atoms with van der Waals surface area (Å²) in [6.45, 7) is 7.95. The van der Waals surface area contributed by atoms with Crippen molar-refractivity contribution in [3.8, 4) is 17.3 Å². The molecule has 0 aliphatic rings. The van der Waals surface area contributed by atoms with E-state index in [4.69, 9.17) is 0 Å². The summed E-state index contributed by atoms with van der Waals surface area (Å²) in [5.41, 5.74) is 2.84. The Bertz CT molecular complexity index is 618. The molecule has 18 heavy (non-hydrogen) atoms. The number of aromatic nitrogens is 1. The second-order valence-electron chi connectivity index (χ2n) is 5.03. The quantitative estimate of drug-likeness (QED) is 0.806. The van der Waals surface area contributed by atoms with Crippen LogP contribution in [0.5, 0.6) is 0 Å². The Kier molecular flexibility index (Phi) is 3.23. The Morgan fingerprint density at radius 1 is 1.28 bits per heavy atom. The van der Waals surface area contributed by atoms with E-state index in [1.807, 2.05) is 19.9 Å². The zero-order chi connectivity index (χ0) is 13.3. The van der Waals surface area contributed by atoms with Crippen LogP contribution in [0.2, 0.25) is 0 Å². The first-order valence-electron chi connectivity index (χ1n) is 5.90. The lowest BCUT2D eigenvalue weighted by atomic mass is 9.97. The van der Waals surface area contributed by atoms with Crippen LogP contribution in [0.25, 0.3) is 11.3 Å². The van der Waals surface area contributed by atoms with Crippen LogP contribution in [0.4, 0.5) is 0 Å². The molecule has 1 aromatic heterocycles. The summed E-state index contributed by atoms with van der Waals surface area (Å²) >= 11 is 1.61. The summed E-state index contributed by atoms with van der Waals surface area (Å²) in [5.74, 6) is 0. The van der Waals surface area contributed by atoms with E-state index in [0.29, 0.717) is 0 Å². The van der Waals surface area contributed by atoms with E-state index in [9.17, 15) is 5.26 Å². The second-order valence-corrected chi connectivity index (χ2v) is 6.23. The molecule has 0 bridgehead atoms. The predicted octanol–water partition coefficient (Wildman–Crippen LogP) is 4.23. The molecule has 0 aliphatic heterocycles. The van der Waals surface area contributed by atoms with E-state index >= 15 is 0 Å². The van der Waals surface area contributed by atoms with Crippen LogP contribution in [0, 0.1) is 25.2 Å². The molecule has 1 heterocycles. The Balaban J connectivity index is 2.52. The molecule has 0 radical (unpaired) electrons. The van der Waals surface area contributed by atoms with Crippen LogP contribution in [0.15, 0.2) is 24.3 Å². The number of nitrogens with zero attached hydrogens (tertiary/aromatic N) is 2. The minimum Gasteiger partial charge on any atom is -0.239 e. The average Bonchev–Trinajstić information content (AvgIpc) is 2.72. The van der Waals surface area contributed by atoms with Crippen LogP contribution in [0.1, 0.15) is 29.3 Å². The second kappa shape index (κ2) is 4.55. The molecule has 92 valence electrons. The summed E-state index contributed by atoms with van der Waals surface area (Å²) in [7, 11) is 0. The van der Waals surface area contributed by atoms with Crippen LogP contribution in [-0.4, -0.2) is 4.98 Å². The average molecular weight is 256 g/mol. The van der Waals surface area contributed by atoms with Crippen LogP contribution in [0.3, 0.4) is 0 Å². The first-order valence-corrected chi connectivity index (χ1v) is 6.72. The Morgan fingerprint density at radius 2 is 2.00 bits per heavy atom. The molecule has 0 amide bonds. The van der Waals surface area contributed by atoms with Gasteiger partial charge in [-0.2, -0.15) is 5.26 Å². The van der Waals surface area contributed by atoms with Crippen molar-refractivity contribution in [2.75, 3.05) is 0 Å². The Hall–Kier alpha value is -1.66. The van der Waals surface area contributed by atoms with Crippen molar-refractivity contribution in [3.63, 3.8) is 0 Å². The molecule has 0 atom stereocenters. The smallest absolute Gasteiger partial charge is 0.113 e. The van der Waals surface area contributed by atoms with Crippen molar-refractivity contribution < 1.29 is 0 Å². The van der Waals surface area contributed by atoms with Gasteiger partial charge in [0.2, 0.25) is 0 Å². The number of hydrogen-bond acceptors (Lipinski definition) is 3. The Labute approximate surface area is 112 Å². The third kappa shape index (κ3) is 2.30. The Morgan fingerprint density at radius 3 is 2.61 bits per heavy atom. The number of nitriles is 1. The third-order valence-electron chi connectivity index (χ3n) is 2.90. The van der Waals surface area contributed by atoms with E-state index in [1.165, 1.54) is 10.4 Å². The minimum absolute atomic E-state index is 0.516. The summed E-state index contributed by atoms with van der Waals surface area (Å²) in [4.78, 5) is 5.83. The molecule has 2 aromatic rings. The highest BCUT2D eigenvalue weighted by Crippen LogP contribution is 2.33. The molecule has 0 N–H and O–H groups in total. The molecule has 0 unspecified atom stereocenters. The van der Waals surface area contributed by atoms with Crippen molar-refractivity contribution >= 4 is 11.3 Å². The van der Waals surface area contributed by atoms with Crippen LogP contribution < -0.4 is 0 Å². The maximum Gasteiger partial charge on any atom is 0.113 e. The lowest BCUT2D eigenvalue weighted by Gasteiger charge is -2.09. The van der Waals surface area contributed by atoms with Gasteiger partial charge in [-0.3, -0.25) is 0 Å². The SMILES string of the molecule is Cc1cccc(-c2nc(C(C)(C)C#N)sc2C)c1. The number of aryl methyl sites for hydroxylation is 2. The first-order chi connectivity index (χ1) is 8.44. The molecule has 2 nitrogen and oxygen atoms in total. The van der Waals surface area contributed by atoms with E-state index < -0.39 is 5.41 Å². The molecule has 0 spiro atoms. The van der Waals surface area contributed by atoms with Gasteiger partial charge < -0.3 is 0 Å². The third-order valence-corrected chi connectivity index (χ3v) is 4.20. The van der Waals surface area contributed by atoms with Crippen LogP contribution >= 0.6 is 11.3 Å². The fourth-order valence-electron chi connectivity index (χ4n) is 1.77. The van der Waals surface area contributed by atoms with Gasteiger partial charge in [-0.25, -0.2) is 4.98 Å². The van der Waals surface area contributed by atoms with Crippen molar-refractivity contribution in [2.24, 2.45) is 0 Å². The molecule has 3 heteroatoms. The molecular formula is C15H16N2S. The number of benzene rings is 1. The molecule has 1 aromatic carbocycles. The molecule has 0 fully saturated rings. The van der Waals surface area contributed by atoms with Crippen molar-refractivity contribution in [2.45, 2.75) is 33.1 Å². The predicted molar refractivity (Wildman–Crippen MR) is 75.7 cm³/mol. The lowest BCUT2D eigenvalue weighted by molar-refractivity contribution is 0.680. The highest BCUT2D eigenvalue weighted by Gasteiger charge is 2.25. The number of rotatable bonds is 2. The van der Waals surface area contributed by atoms with Gasteiger partial charge in [0.25, 0.3) is 0 Å². The normalized spacial score (nSPS) is 11.3. The summed E-state index contributed by atoms with van der Waals surface area (Å²) in [6, 6.07) is 10.6. The van der Waals surface area contributed by atoms with E-state index in [1.54, 1.807) is 11.3 Å². The largest absolute Gasteiger partial charge is 0.239 e. The monoisotopic (exact) mass is 256 g/mol. The highest BCUT2D eigenvalue weighted by molar-refractivity contribution is 7.12. The lowest BCUT2D eigenvalue weighted by Crippen LogP contribution is -2.13. The fourth-order valence-corrected chi connectivity index (χ4v) is 2.76. The van der Waals surface area contributed by atoms with Gasteiger partial charge in [-0.15, -0.1) is 11.3 Å². The number of hydrogen-bond donors (Lipinski definition) is 0. The van der Waals surface area contributed by atoms with E-state index in [2.05, 4.69) is 43.1 Å². The highest BCUT2D eigenvalue weighted by atomic mass is 32.1. The molecule has 0 saturated carbocycles. The van der Waals surface area contributed by atoms with Crippen LogP contribution in [-0.2, 0) is 5.41 Å². The van der Waals surface area contributed by atoms with Crippen molar-refractivity contribution in [1.29, 1.82) is 5.26 Å².